The Hall–Kier alpha value is -2.70. The number of nitrogens with zero attached hydrogens (tertiary/aromatic N) is 2. The van der Waals surface area contributed by atoms with Crippen LogP contribution in [0.25, 0.3) is 22.0 Å². The Morgan fingerprint density at radius 3 is 2.81 bits per heavy atom. The summed E-state index contributed by atoms with van der Waals surface area (Å²) in [7, 11) is 0. The van der Waals surface area contributed by atoms with Gasteiger partial charge >= 0.3 is 5.69 Å². The smallest absolute Gasteiger partial charge is 0.345 e. The third kappa shape index (κ3) is 3.86. The monoisotopic (exact) mass is 365 g/mol. The van der Waals surface area contributed by atoms with Crippen LogP contribution < -0.4 is 10.6 Å². The zero-order chi connectivity index (χ0) is 18.6. The van der Waals surface area contributed by atoms with Gasteiger partial charge in [0.25, 0.3) is 0 Å². The number of hydrogen-bond acceptors (Lipinski definition) is 5. The standard InChI is InChI=1S/C21H23N3O3/c25-12-13-27-17-7-10-24(11-8-17)16-4-5-18-15(14-16)2-1-3-19(18)20-6-9-22-21(26)23-20/h1-6,9,14,17,25H,7-8,10-13H2,(H,22,23,26). The average Bonchev–Trinajstić information content (AvgIpc) is 2.72. The molecule has 0 bridgehead atoms. The molecule has 1 aliphatic rings. The van der Waals surface area contributed by atoms with Crippen LogP contribution >= 0.6 is 0 Å². The van der Waals surface area contributed by atoms with Gasteiger partial charge in [0.15, 0.2) is 0 Å². The van der Waals surface area contributed by atoms with Crippen molar-refractivity contribution in [1.82, 2.24) is 9.97 Å². The van der Waals surface area contributed by atoms with Crippen molar-refractivity contribution in [3.05, 3.63) is 59.1 Å². The molecule has 140 valence electrons. The molecule has 1 aromatic heterocycles. The predicted molar refractivity (Wildman–Crippen MR) is 106 cm³/mol. The fourth-order valence-corrected chi connectivity index (χ4v) is 3.71. The maximum Gasteiger partial charge on any atom is 0.345 e. The Balaban J connectivity index is 1.58. The van der Waals surface area contributed by atoms with Crippen molar-refractivity contribution in [2.75, 3.05) is 31.2 Å². The zero-order valence-corrected chi connectivity index (χ0v) is 15.1. The first-order chi connectivity index (χ1) is 13.2. The van der Waals surface area contributed by atoms with Crippen molar-refractivity contribution >= 4 is 16.5 Å². The van der Waals surface area contributed by atoms with Crippen LogP contribution in [0, 0.1) is 0 Å². The minimum atomic E-state index is -0.340. The van der Waals surface area contributed by atoms with Crippen LogP contribution in [0.1, 0.15) is 12.8 Å². The molecule has 6 heteroatoms. The van der Waals surface area contributed by atoms with Crippen LogP contribution in [-0.2, 0) is 4.74 Å². The number of fused-ring (bicyclic) bond motifs is 1. The third-order valence-corrected chi connectivity index (χ3v) is 5.06. The SMILES string of the molecule is O=c1nc(-c2cccc3cc(N4CCC(OCCO)CC4)ccc23)cc[nH]1. The number of ether oxygens (including phenoxy) is 1. The molecule has 1 aliphatic heterocycles. The molecular weight excluding hydrogens is 342 g/mol. The maximum atomic E-state index is 11.6. The molecule has 0 aliphatic carbocycles. The van der Waals surface area contributed by atoms with E-state index in [1.165, 1.54) is 5.69 Å². The van der Waals surface area contributed by atoms with E-state index in [0.29, 0.717) is 12.3 Å². The van der Waals surface area contributed by atoms with E-state index in [9.17, 15) is 4.79 Å². The molecule has 0 atom stereocenters. The van der Waals surface area contributed by atoms with Gasteiger partial charge in [-0.05, 0) is 41.8 Å². The van der Waals surface area contributed by atoms with Gasteiger partial charge in [0.05, 0.1) is 25.0 Å². The summed E-state index contributed by atoms with van der Waals surface area (Å²) in [5, 5.41) is 11.1. The van der Waals surface area contributed by atoms with Crippen molar-refractivity contribution in [2.45, 2.75) is 18.9 Å². The first kappa shape index (κ1) is 17.7. The maximum absolute atomic E-state index is 11.6. The summed E-state index contributed by atoms with van der Waals surface area (Å²) in [5.74, 6) is 0. The van der Waals surface area contributed by atoms with Crippen LogP contribution in [0.4, 0.5) is 5.69 Å². The normalized spacial score (nSPS) is 15.4. The van der Waals surface area contributed by atoms with Crippen LogP contribution in [0.5, 0.6) is 0 Å². The summed E-state index contributed by atoms with van der Waals surface area (Å²) in [4.78, 5) is 20.6. The number of aliphatic hydroxyl groups is 1. The van der Waals surface area contributed by atoms with E-state index in [1.54, 1.807) is 6.20 Å². The number of piperidine rings is 1. The number of aliphatic hydroxyl groups excluding tert-OH is 1. The largest absolute Gasteiger partial charge is 0.394 e. The molecule has 6 nitrogen and oxygen atoms in total. The number of H-pyrrole nitrogens is 1. The zero-order valence-electron chi connectivity index (χ0n) is 15.1. The Morgan fingerprint density at radius 1 is 1.19 bits per heavy atom. The van der Waals surface area contributed by atoms with Gasteiger partial charge in [0, 0.05) is 30.5 Å². The molecule has 1 fully saturated rings. The van der Waals surface area contributed by atoms with Gasteiger partial charge in [-0.25, -0.2) is 4.79 Å². The lowest BCUT2D eigenvalue weighted by molar-refractivity contribution is 0.0159. The number of aromatic nitrogens is 2. The van der Waals surface area contributed by atoms with E-state index >= 15 is 0 Å². The van der Waals surface area contributed by atoms with Crippen LogP contribution in [0.3, 0.4) is 0 Å². The third-order valence-electron chi connectivity index (χ3n) is 5.06. The first-order valence-electron chi connectivity index (χ1n) is 9.31. The predicted octanol–water partition coefficient (Wildman–Crippen LogP) is 2.57. The summed E-state index contributed by atoms with van der Waals surface area (Å²) in [6.45, 7) is 2.38. The second-order valence-corrected chi connectivity index (χ2v) is 6.77. The Morgan fingerprint density at radius 2 is 2.04 bits per heavy atom. The fraction of sp³-hybridized carbons (Fsp3) is 0.333. The van der Waals surface area contributed by atoms with Crippen molar-refractivity contribution < 1.29 is 9.84 Å². The van der Waals surface area contributed by atoms with E-state index in [4.69, 9.17) is 9.84 Å². The van der Waals surface area contributed by atoms with E-state index in [2.05, 4.69) is 39.1 Å². The first-order valence-corrected chi connectivity index (χ1v) is 9.31. The molecule has 1 saturated heterocycles. The molecule has 0 unspecified atom stereocenters. The van der Waals surface area contributed by atoms with Gasteiger partial charge < -0.3 is 19.7 Å². The van der Waals surface area contributed by atoms with Gasteiger partial charge in [-0.2, -0.15) is 4.98 Å². The Kier molecular flexibility index (Phi) is 5.18. The Bertz CT molecular complexity index is 978. The lowest BCUT2D eigenvalue weighted by atomic mass is 10.0. The molecule has 4 rings (SSSR count). The fourth-order valence-electron chi connectivity index (χ4n) is 3.71. The number of nitrogens with one attached hydrogen (secondary N) is 1. The Labute approximate surface area is 157 Å². The van der Waals surface area contributed by atoms with E-state index in [1.807, 2.05) is 18.2 Å². The molecule has 0 amide bonds. The van der Waals surface area contributed by atoms with Crippen molar-refractivity contribution in [3.8, 4) is 11.3 Å². The second-order valence-electron chi connectivity index (χ2n) is 6.77. The molecule has 2 N–H and O–H groups in total. The number of hydrogen-bond donors (Lipinski definition) is 2. The van der Waals surface area contributed by atoms with Crippen LogP contribution in [0.2, 0.25) is 0 Å². The minimum Gasteiger partial charge on any atom is -0.394 e. The molecule has 0 spiro atoms. The van der Waals surface area contributed by atoms with E-state index in [-0.39, 0.29) is 18.4 Å². The van der Waals surface area contributed by atoms with Gasteiger partial charge in [-0.15, -0.1) is 0 Å². The molecule has 3 aromatic rings. The summed E-state index contributed by atoms with van der Waals surface area (Å²) in [5.41, 5.74) is 2.49. The second kappa shape index (κ2) is 7.90. The lowest BCUT2D eigenvalue weighted by Gasteiger charge is -2.33. The highest BCUT2D eigenvalue weighted by Crippen LogP contribution is 2.31. The van der Waals surface area contributed by atoms with Gasteiger partial charge in [-0.1, -0.05) is 24.3 Å². The highest BCUT2D eigenvalue weighted by Gasteiger charge is 2.20. The van der Waals surface area contributed by atoms with Crippen molar-refractivity contribution in [1.29, 1.82) is 0 Å². The van der Waals surface area contributed by atoms with Crippen LogP contribution in [0.15, 0.2) is 53.5 Å². The van der Waals surface area contributed by atoms with Gasteiger partial charge in [-0.3, -0.25) is 0 Å². The molecular formula is C21H23N3O3. The van der Waals surface area contributed by atoms with E-state index < -0.39 is 0 Å². The number of rotatable bonds is 5. The summed E-state index contributed by atoms with van der Waals surface area (Å²) in [6, 6.07) is 14.3. The van der Waals surface area contributed by atoms with Crippen molar-refractivity contribution in [3.63, 3.8) is 0 Å². The molecule has 2 aromatic carbocycles. The van der Waals surface area contributed by atoms with Gasteiger partial charge in [0.2, 0.25) is 0 Å². The number of benzene rings is 2. The summed E-state index contributed by atoms with van der Waals surface area (Å²) in [6.07, 6.45) is 3.80. The molecule has 0 radical (unpaired) electrons. The quantitative estimate of drug-likeness (QED) is 0.727. The number of aromatic amines is 1. The minimum absolute atomic E-state index is 0.0787. The number of anilines is 1. The molecule has 27 heavy (non-hydrogen) atoms. The average molecular weight is 365 g/mol. The highest BCUT2D eigenvalue weighted by molar-refractivity contribution is 5.97. The highest BCUT2D eigenvalue weighted by atomic mass is 16.5. The molecule has 2 heterocycles. The van der Waals surface area contributed by atoms with Crippen LogP contribution in [-0.4, -0.2) is 47.5 Å². The summed E-state index contributed by atoms with van der Waals surface area (Å²) < 4.78 is 5.65. The van der Waals surface area contributed by atoms with Gasteiger partial charge in [0.1, 0.15) is 0 Å². The topological polar surface area (TPSA) is 78.5 Å². The van der Waals surface area contributed by atoms with E-state index in [0.717, 1.165) is 42.3 Å². The molecule has 0 saturated carbocycles. The lowest BCUT2D eigenvalue weighted by Crippen LogP contribution is -2.37. The summed E-state index contributed by atoms with van der Waals surface area (Å²) >= 11 is 0. The van der Waals surface area contributed by atoms with Crippen molar-refractivity contribution in [2.24, 2.45) is 0 Å².